The maximum absolute atomic E-state index is 3.85. The molecule has 1 atom stereocenters. The van der Waals surface area contributed by atoms with E-state index in [2.05, 4.69) is 44.8 Å². The smallest absolute Gasteiger partial charge is 0.00699 e. The lowest BCUT2D eigenvalue weighted by Gasteiger charge is -2.36. The van der Waals surface area contributed by atoms with Gasteiger partial charge in [0, 0.05) is 12.1 Å². The number of hydrogen-bond donors (Lipinski definition) is 1. The Bertz CT molecular complexity index is 223. The number of rotatable bonds is 8. The third-order valence-corrected chi connectivity index (χ3v) is 4.87. The van der Waals surface area contributed by atoms with Crippen molar-refractivity contribution in [3.63, 3.8) is 0 Å². The minimum absolute atomic E-state index is 0.587. The van der Waals surface area contributed by atoms with Crippen LogP contribution in [0, 0.1) is 5.41 Å². The fraction of sp³-hybridized carbons (Fsp3) is 1.00. The van der Waals surface area contributed by atoms with Crippen LogP contribution in [0.5, 0.6) is 0 Å². The van der Waals surface area contributed by atoms with E-state index in [-0.39, 0.29) is 0 Å². The monoisotopic (exact) mass is 268 g/mol. The van der Waals surface area contributed by atoms with Crippen LogP contribution >= 0.6 is 0 Å². The van der Waals surface area contributed by atoms with Crippen molar-refractivity contribution in [3.8, 4) is 0 Å². The van der Waals surface area contributed by atoms with Crippen LogP contribution in [0.2, 0.25) is 0 Å². The molecule has 1 saturated carbocycles. The van der Waals surface area contributed by atoms with E-state index in [9.17, 15) is 0 Å². The van der Waals surface area contributed by atoms with Gasteiger partial charge in [-0.1, -0.05) is 27.7 Å². The summed E-state index contributed by atoms with van der Waals surface area (Å²) < 4.78 is 0. The van der Waals surface area contributed by atoms with Crippen LogP contribution in [-0.4, -0.2) is 36.6 Å². The molecule has 1 aliphatic rings. The van der Waals surface area contributed by atoms with Gasteiger partial charge in [0.15, 0.2) is 0 Å². The zero-order chi connectivity index (χ0) is 14.3. The maximum atomic E-state index is 3.85. The summed E-state index contributed by atoms with van der Waals surface area (Å²) in [6, 6.07) is 1.46. The van der Waals surface area contributed by atoms with E-state index < -0.39 is 0 Å². The van der Waals surface area contributed by atoms with Crippen molar-refractivity contribution < 1.29 is 0 Å². The molecular formula is C17H36N2. The Hall–Kier alpha value is -0.0800. The van der Waals surface area contributed by atoms with Crippen molar-refractivity contribution in [1.29, 1.82) is 0 Å². The standard InChI is InChI=1S/C17H36N2/c1-6-19(7-2)14-8-9-15(3)18-16-10-12-17(4,5)13-11-16/h15-16,18H,6-14H2,1-5H3. The molecular weight excluding hydrogens is 232 g/mol. The SMILES string of the molecule is CCN(CC)CCCC(C)NC1CCC(C)(C)CC1. The first-order chi connectivity index (χ1) is 8.96. The van der Waals surface area contributed by atoms with Crippen molar-refractivity contribution in [1.82, 2.24) is 10.2 Å². The normalized spacial score (nSPS) is 21.8. The van der Waals surface area contributed by atoms with Gasteiger partial charge in [-0.25, -0.2) is 0 Å². The lowest BCUT2D eigenvalue weighted by atomic mass is 9.75. The summed E-state index contributed by atoms with van der Waals surface area (Å²) in [4.78, 5) is 2.52. The quantitative estimate of drug-likeness (QED) is 0.714. The Morgan fingerprint density at radius 3 is 2.26 bits per heavy atom. The molecule has 0 aromatic rings. The van der Waals surface area contributed by atoms with Crippen LogP contribution in [0.1, 0.15) is 73.1 Å². The highest BCUT2D eigenvalue weighted by Gasteiger charge is 2.27. The van der Waals surface area contributed by atoms with Crippen molar-refractivity contribution in [2.45, 2.75) is 85.2 Å². The summed E-state index contributed by atoms with van der Waals surface area (Å²) in [5.74, 6) is 0. The molecule has 2 heteroatoms. The van der Waals surface area contributed by atoms with Crippen molar-refractivity contribution in [2.24, 2.45) is 5.41 Å². The zero-order valence-corrected chi connectivity index (χ0v) is 14.0. The highest BCUT2D eigenvalue weighted by molar-refractivity contribution is 4.83. The number of nitrogens with zero attached hydrogens (tertiary/aromatic N) is 1. The second-order valence-corrected chi connectivity index (χ2v) is 7.18. The van der Waals surface area contributed by atoms with Gasteiger partial charge in [-0.05, 0) is 70.5 Å². The molecule has 0 amide bonds. The highest BCUT2D eigenvalue weighted by atomic mass is 15.1. The minimum atomic E-state index is 0.587. The molecule has 1 unspecified atom stereocenters. The molecule has 1 N–H and O–H groups in total. The molecule has 0 radical (unpaired) electrons. The number of hydrogen-bond acceptors (Lipinski definition) is 2. The fourth-order valence-corrected chi connectivity index (χ4v) is 3.21. The summed E-state index contributed by atoms with van der Waals surface area (Å²) >= 11 is 0. The van der Waals surface area contributed by atoms with Gasteiger partial charge in [-0.2, -0.15) is 0 Å². The maximum Gasteiger partial charge on any atom is 0.00699 e. The Balaban J connectivity index is 2.12. The molecule has 0 aliphatic heterocycles. The van der Waals surface area contributed by atoms with Crippen molar-refractivity contribution in [2.75, 3.05) is 19.6 Å². The second kappa shape index (κ2) is 8.26. The molecule has 19 heavy (non-hydrogen) atoms. The summed E-state index contributed by atoms with van der Waals surface area (Å²) in [6.07, 6.45) is 8.15. The molecule has 0 aromatic heterocycles. The Morgan fingerprint density at radius 2 is 1.74 bits per heavy atom. The van der Waals surface area contributed by atoms with E-state index >= 15 is 0 Å². The third-order valence-electron chi connectivity index (χ3n) is 4.87. The minimum Gasteiger partial charge on any atom is -0.312 e. The largest absolute Gasteiger partial charge is 0.312 e. The first-order valence-electron chi connectivity index (χ1n) is 8.45. The lowest BCUT2D eigenvalue weighted by molar-refractivity contribution is 0.196. The second-order valence-electron chi connectivity index (χ2n) is 7.18. The van der Waals surface area contributed by atoms with E-state index in [0.29, 0.717) is 11.5 Å². The Kier molecular flexibility index (Phi) is 7.38. The molecule has 1 rings (SSSR count). The van der Waals surface area contributed by atoms with Gasteiger partial charge in [0.1, 0.15) is 0 Å². The van der Waals surface area contributed by atoms with Crippen LogP contribution in [0.3, 0.4) is 0 Å². The van der Waals surface area contributed by atoms with Gasteiger partial charge < -0.3 is 10.2 Å². The van der Waals surface area contributed by atoms with E-state index in [1.807, 2.05) is 0 Å². The van der Waals surface area contributed by atoms with Gasteiger partial charge in [0.2, 0.25) is 0 Å². The van der Waals surface area contributed by atoms with Gasteiger partial charge >= 0.3 is 0 Å². The highest BCUT2D eigenvalue weighted by Crippen LogP contribution is 2.35. The van der Waals surface area contributed by atoms with E-state index in [0.717, 1.165) is 6.04 Å². The fourth-order valence-electron chi connectivity index (χ4n) is 3.21. The molecule has 0 heterocycles. The average molecular weight is 268 g/mol. The van der Waals surface area contributed by atoms with Crippen LogP contribution in [0.25, 0.3) is 0 Å². The third kappa shape index (κ3) is 6.76. The average Bonchev–Trinajstić information content (AvgIpc) is 2.37. The van der Waals surface area contributed by atoms with Gasteiger partial charge in [-0.3, -0.25) is 0 Å². The van der Waals surface area contributed by atoms with E-state index in [1.165, 1.54) is 58.2 Å². The molecule has 0 aromatic carbocycles. The molecule has 114 valence electrons. The van der Waals surface area contributed by atoms with Crippen LogP contribution < -0.4 is 5.32 Å². The van der Waals surface area contributed by atoms with E-state index in [4.69, 9.17) is 0 Å². The van der Waals surface area contributed by atoms with Crippen LogP contribution in [-0.2, 0) is 0 Å². The van der Waals surface area contributed by atoms with Crippen molar-refractivity contribution >= 4 is 0 Å². The first kappa shape index (κ1) is 17.0. The number of nitrogens with one attached hydrogen (secondary N) is 1. The van der Waals surface area contributed by atoms with Gasteiger partial charge in [-0.15, -0.1) is 0 Å². The van der Waals surface area contributed by atoms with Crippen LogP contribution in [0.15, 0.2) is 0 Å². The lowest BCUT2D eigenvalue weighted by Crippen LogP contribution is -2.40. The topological polar surface area (TPSA) is 15.3 Å². The molecule has 0 spiro atoms. The van der Waals surface area contributed by atoms with Crippen LogP contribution in [0.4, 0.5) is 0 Å². The molecule has 1 fully saturated rings. The molecule has 0 saturated heterocycles. The predicted octanol–water partition coefficient (Wildman–Crippen LogP) is 4.06. The Labute approximate surface area is 121 Å². The Morgan fingerprint density at radius 1 is 1.16 bits per heavy atom. The molecule has 2 nitrogen and oxygen atoms in total. The van der Waals surface area contributed by atoms with Crippen molar-refractivity contribution in [3.05, 3.63) is 0 Å². The molecule has 0 bridgehead atoms. The van der Waals surface area contributed by atoms with Gasteiger partial charge in [0.05, 0.1) is 0 Å². The summed E-state index contributed by atoms with van der Waals surface area (Å²) in [6.45, 7) is 15.3. The summed E-state index contributed by atoms with van der Waals surface area (Å²) in [5, 5.41) is 3.85. The summed E-state index contributed by atoms with van der Waals surface area (Å²) in [5.41, 5.74) is 0.587. The first-order valence-corrected chi connectivity index (χ1v) is 8.45. The summed E-state index contributed by atoms with van der Waals surface area (Å²) in [7, 11) is 0. The molecule has 1 aliphatic carbocycles. The van der Waals surface area contributed by atoms with Gasteiger partial charge in [0.25, 0.3) is 0 Å². The zero-order valence-electron chi connectivity index (χ0n) is 14.0. The predicted molar refractivity (Wildman–Crippen MR) is 85.7 cm³/mol. The van der Waals surface area contributed by atoms with E-state index in [1.54, 1.807) is 0 Å².